The van der Waals surface area contributed by atoms with Gasteiger partial charge in [0.1, 0.15) is 5.82 Å². The van der Waals surface area contributed by atoms with Crippen LogP contribution in [-0.4, -0.2) is 22.0 Å². The summed E-state index contributed by atoms with van der Waals surface area (Å²) in [6.07, 6.45) is 2.77. The Bertz CT molecular complexity index is 479. The lowest BCUT2D eigenvalue weighted by Crippen LogP contribution is -2.03. The predicted molar refractivity (Wildman–Crippen MR) is 71.2 cm³/mol. The number of nitrogens with one attached hydrogen (secondary N) is 1. The van der Waals surface area contributed by atoms with Crippen molar-refractivity contribution < 1.29 is 0 Å². The SMILES string of the molecule is CNc1cc(CC(C)C)nc(-c2cncs2)n1. The van der Waals surface area contributed by atoms with E-state index >= 15 is 0 Å². The number of rotatable bonds is 4. The molecule has 0 aliphatic carbocycles. The zero-order chi connectivity index (χ0) is 12.3. The number of hydrogen-bond acceptors (Lipinski definition) is 5. The third kappa shape index (κ3) is 3.00. The van der Waals surface area contributed by atoms with Crippen molar-refractivity contribution in [3.63, 3.8) is 0 Å². The zero-order valence-electron chi connectivity index (χ0n) is 10.3. The van der Waals surface area contributed by atoms with Gasteiger partial charge in [0, 0.05) is 25.0 Å². The predicted octanol–water partition coefficient (Wildman–Crippen LogP) is 2.84. The van der Waals surface area contributed by atoms with Crippen molar-refractivity contribution >= 4 is 17.2 Å². The second kappa shape index (κ2) is 5.23. The Morgan fingerprint density at radius 1 is 1.35 bits per heavy atom. The van der Waals surface area contributed by atoms with Crippen LogP contribution in [0, 0.1) is 5.92 Å². The second-order valence-electron chi connectivity index (χ2n) is 4.28. The van der Waals surface area contributed by atoms with E-state index in [4.69, 9.17) is 0 Å². The van der Waals surface area contributed by atoms with Gasteiger partial charge in [-0.15, -0.1) is 11.3 Å². The normalized spacial score (nSPS) is 10.8. The standard InChI is InChI=1S/C12H16N4S/c1-8(2)4-9-5-11(13-3)16-12(15-9)10-6-14-7-17-10/h5-8H,4H2,1-3H3,(H,13,15,16). The fourth-order valence-corrected chi connectivity index (χ4v) is 2.14. The van der Waals surface area contributed by atoms with Gasteiger partial charge in [0.25, 0.3) is 0 Å². The molecule has 90 valence electrons. The van der Waals surface area contributed by atoms with Gasteiger partial charge in [-0.3, -0.25) is 4.98 Å². The molecule has 0 amide bonds. The van der Waals surface area contributed by atoms with Crippen molar-refractivity contribution in [3.8, 4) is 10.7 Å². The van der Waals surface area contributed by atoms with Crippen molar-refractivity contribution in [1.82, 2.24) is 15.0 Å². The molecular weight excluding hydrogens is 232 g/mol. The number of thiazole rings is 1. The van der Waals surface area contributed by atoms with Crippen LogP contribution in [0.15, 0.2) is 17.8 Å². The third-order valence-corrected chi connectivity index (χ3v) is 3.07. The maximum Gasteiger partial charge on any atom is 0.173 e. The van der Waals surface area contributed by atoms with Gasteiger partial charge in [-0.05, 0) is 12.3 Å². The van der Waals surface area contributed by atoms with Crippen LogP contribution in [0.1, 0.15) is 19.5 Å². The van der Waals surface area contributed by atoms with Gasteiger partial charge < -0.3 is 5.32 Å². The number of hydrogen-bond donors (Lipinski definition) is 1. The molecule has 5 heteroatoms. The molecule has 4 nitrogen and oxygen atoms in total. The van der Waals surface area contributed by atoms with Crippen molar-refractivity contribution in [2.75, 3.05) is 12.4 Å². The summed E-state index contributed by atoms with van der Waals surface area (Å²) in [4.78, 5) is 14.1. The van der Waals surface area contributed by atoms with E-state index in [-0.39, 0.29) is 0 Å². The molecule has 1 N–H and O–H groups in total. The molecule has 0 radical (unpaired) electrons. The van der Waals surface area contributed by atoms with Crippen LogP contribution in [0.4, 0.5) is 5.82 Å². The molecule has 0 saturated heterocycles. The molecule has 0 spiro atoms. The van der Waals surface area contributed by atoms with Crippen LogP contribution in [0.3, 0.4) is 0 Å². The smallest absolute Gasteiger partial charge is 0.173 e. The first-order valence-corrected chi connectivity index (χ1v) is 6.51. The lowest BCUT2D eigenvalue weighted by atomic mass is 10.1. The highest BCUT2D eigenvalue weighted by atomic mass is 32.1. The summed E-state index contributed by atoms with van der Waals surface area (Å²) >= 11 is 1.56. The van der Waals surface area contributed by atoms with E-state index in [0.29, 0.717) is 5.92 Å². The topological polar surface area (TPSA) is 50.7 Å². The minimum Gasteiger partial charge on any atom is -0.373 e. The van der Waals surface area contributed by atoms with Gasteiger partial charge in [-0.25, -0.2) is 9.97 Å². The van der Waals surface area contributed by atoms with Gasteiger partial charge in [0.15, 0.2) is 5.82 Å². The molecule has 0 aromatic carbocycles. The van der Waals surface area contributed by atoms with Crippen molar-refractivity contribution in [3.05, 3.63) is 23.5 Å². The largest absolute Gasteiger partial charge is 0.373 e. The maximum absolute atomic E-state index is 4.58. The van der Waals surface area contributed by atoms with Crippen molar-refractivity contribution in [2.24, 2.45) is 5.92 Å². The Balaban J connectivity index is 2.38. The van der Waals surface area contributed by atoms with Gasteiger partial charge in [-0.1, -0.05) is 13.8 Å². The Morgan fingerprint density at radius 3 is 2.76 bits per heavy atom. The summed E-state index contributed by atoms with van der Waals surface area (Å²) in [5.74, 6) is 2.21. The minimum absolute atomic E-state index is 0.587. The number of anilines is 1. The molecule has 0 aliphatic rings. The molecule has 0 bridgehead atoms. The Morgan fingerprint density at radius 2 is 2.18 bits per heavy atom. The van der Waals surface area contributed by atoms with Gasteiger partial charge >= 0.3 is 0 Å². The number of aromatic nitrogens is 3. The minimum atomic E-state index is 0.587. The molecule has 0 unspecified atom stereocenters. The summed E-state index contributed by atoms with van der Waals surface area (Å²) < 4.78 is 0. The number of nitrogens with zero attached hydrogens (tertiary/aromatic N) is 3. The summed E-state index contributed by atoms with van der Waals surface area (Å²) in [6.45, 7) is 4.38. The molecular formula is C12H16N4S. The third-order valence-electron chi connectivity index (χ3n) is 2.31. The summed E-state index contributed by atoms with van der Waals surface area (Å²) in [7, 11) is 1.87. The molecule has 2 aromatic heterocycles. The molecule has 17 heavy (non-hydrogen) atoms. The molecule has 0 saturated carbocycles. The van der Waals surface area contributed by atoms with Crippen LogP contribution < -0.4 is 5.32 Å². The molecule has 0 fully saturated rings. The van der Waals surface area contributed by atoms with Crippen LogP contribution in [0.2, 0.25) is 0 Å². The Kier molecular flexibility index (Phi) is 3.68. The molecule has 0 atom stereocenters. The highest BCUT2D eigenvalue weighted by molar-refractivity contribution is 7.13. The highest BCUT2D eigenvalue weighted by Gasteiger charge is 2.08. The van der Waals surface area contributed by atoms with Crippen molar-refractivity contribution in [2.45, 2.75) is 20.3 Å². The molecule has 2 aromatic rings. The monoisotopic (exact) mass is 248 g/mol. The first-order valence-electron chi connectivity index (χ1n) is 5.63. The Labute approximate surface area is 105 Å². The van der Waals surface area contributed by atoms with E-state index in [1.54, 1.807) is 23.0 Å². The van der Waals surface area contributed by atoms with E-state index in [2.05, 4.69) is 34.1 Å². The van der Waals surface area contributed by atoms with Gasteiger partial charge in [0.2, 0.25) is 0 Å². The summed E-state index contributed by atoms with van der Waals surface area (Å²) in [5, 5.41) is 3.08. The first kappa shape index (κ1) is 12.0. The highest BCUT2D eigenvalue weighted by Crippen LogP contribution is 2.22. The summed E-state index contributed by atoms with van der Waals surface area (Å²) in [6, 6.07) is 2.00. The van der Waals surface area contributed by atoms with Gasteiger partial charge in [0.05, 0.1) is 10.4 Å². The maximum atomic E-state index is 4.58. The lowest BCUT2D eigenvalue weighted by Gasteiger charge is -2.08. The van der Waals surface area contributed by atoms with E-state index in [1.807, 2.05) is 13.1 Å². The van der Waals surface area contributed by atoms with E-state index in [9.17, 15) is 0 Å². The van der Waals surface area contributed by atoms with E-state index < -0.39 is 0 Å². The molecule has 2 rings (SSSR count). The average Bonchev–Trinajstić information content (AvgIpc) is 2.81. The van der Waals surface area contributed by atoms with Crippen LogP contribution in [-0.2, 0) is 6.42 Å². The average molecular weight is 248 g/mol. The van der Waals surface area contributed by atoms with E-state index in [0.717, 1.165) is 28.6 Å². The fraction of sp³-hybridized carbons (Fsp3) is 0.417. The fourth-order valence-electron chi connectivity index (χ4n) is 1.58. The molecule has 0 aliphatic heterocycles. The zero-order valence-corrected chi connectivity index (χ0v) is 11.1. The van der Waals surface area contributed by atoms with E-state index in [1.165, 1.54) is 0 Å². The van der Waals surface area contributed by atoms with Crippen LogP contribution >= 0.6 is 11.3 Å². The van der Waals surface area contributed by atoms with Crippen LogP contribution in [0.25, 0.3) is 10.7 Å². The van der Waals surface area contributed by atoms with Crippen LogP contribution in [0.5, 0.6) is 0 Å². The lowest BCUT2D eigenvalue weighted by molar-refractivity contribution is 0.635. The summed E-state index contributed by atoms with van der Waals surface area (Å²) in [5.41, 5.74) is 2.87. The van der Waals surface area contributed by atoms with Crippen molar-refractivity contribution in [1.29, 1.82) is 0 Å². The second-order valence-corrected chi connectivity index (χ2v) is 5.17. The quantitative estimate of drug-likeness (QED) is 0.904. The van der Waals surface area contributed by atoms with Gasteiger partial charge in [-0.2, -0.15) is 0 Å². The molecule has 2 heterocycles. The Hall–Kier alpha value is -1.49. The first-order chi connectivity index (χ1) is 8.19.